The average molecular weight is 408 g/mol. The van der Waals surface area contributed by atoms with Gasteiger partial charge < -0.3 is 15.2 Å². The van der Waals surface area contributed by atoms with E-state index < -0.39 is 5.82 Å². The Morgan fingerprint density at radius 3 is 2.83 bits per heavy atom. The van der Waals surface area contributed by atoms with Crippen molar-refractivity contribution in [1.29, 1.82) is 0 Å². The van der Waals surface area contributed by atoms with Crippen molar-refractivity contribution in [2.75, 3.05) is 19.0 Å². The first kappa shape index (κ1) is 19.7. The number of rotatable bonds is 7. The van der Waals surface area contributed by atoms with Crippen LogP contribution in [0.5, 0.6) is 5.75 Å². The first-order valence-corrected chi connectivity index (χ1v) is 9.44. The van der Waals surface area contributed by atoms with Gasteiger partial charge in [-0.15, -0.1) is 5.10 Å². The topological polar surface area (TPSA) is 98.0 Å². The second kappa shape index (κ2) is 8.42. The van der Waals surface area contributed by atoms with Crippen molar-refractivity contribution >= 4 is 17.0 Å². The summed E-state index contributed by atoms with van der Waals surface area (Å²) in [7, 11) is 1.44. The highest BCUT2D eigenvalue weighted by atomic mass is 19.1. The summed E-state index contributed by atoms with van der Waals surface area (Å²) in [6.07, 6.45) is 1.66. The molecule has 9 heteroatoms. The first-order valence-electron chi connectivity index (χ1n) is 9.44. The van der Waals surface area contributed by atoms with E-state index in [1.807, 2.05) is 25.1 Å². The predicted octanol–water partition coefficient (Wildman–Crippen LogP) is 2.88. The lowest BCUT2D eigenvalue weighted by molar-refractivity contribution is 0.281. The number of hydrogen-bond donors (Lipinski definition) is 2. The molecule has 1 unspecified atom stereocenters. The molecular weight excluding hydrogens is 387 g/mol. The van der Waals surface area contributed by atoms with Crippen molar-refractivity contribution in [2.24, 2.45) is 0 Å². The van der Waals surface area contributed by atoms with Crippen LogP contribution in [-0.4, -0.2) is 49.8 Å². The van der Waals surface area contributed by atoms with Gasteiger partial charge in [-0.25, -0.2) is 19.0 Å². The maximum atomic E-state index is 14.0. The zero-order valence-corrected chi connectivity index (χ0v) is 16.6. The molecule has 30 heavy (non-hydrogen) atoms. The quantitative estimate of drug-likeness (QED) is 0.485. The van der Waals surface area contributed by atoms with Crippen LogP contribution in [0.4, 0.5) is 10.3 Å². The molecular formula is C21H21FN6O2. The molecule has 2 aromatic heterocycles. The molecule has 0 radical (unpaired) electrons. The molecule has 2 N–H and O–H groups in total. The number of aliphatic hydroxyl groups excluding tert-OH is 1. The van der Waals surface area contributed by atoms with Crippen molar-refractivity contribution in [3.63, 3.8) is 0 Å². The molecule has 2 aromatic carbocycles. The zero-order valence-electron chi connectivity index (χ0n) is 16.6. The lowest BCUT2D eigenvalue weighted by Gasteiger charge is -2.11. The number of benzene rings is 2. The predicted molar refractivity (Wildman–Crippen MR) is 111 cm³/mol. The Morgan fingerprint density at radius 1 is 1.20 bits per heavy atom. The van der Waals surface area contributed by atoms with Gasteiger partial charge >= 0.3 is 0 Å². The van der Waals surface area contributed by atoms with Crippen LogP contribution < -0.4 is 10.1 Å². The van der Waals surface area contributed by atoms with Crippen LogP contribution in [0.2, 0.25) is 0 Å². The fraction of sp³-hybridized carbons (Fsp3) is 0.238. The SMILES string of the molecule is COc1ccc(Cn2nnc3cc(-c4ccnc(NC(C)CO)n4)ccc32)cc1F. The number of aliphatic hydroxyl groups is 1. The van der Waals surface area contributed by atoms with Crippen molar-refractivity contribution in [2.45, 2.75) is 19.5 Å². The third-order valence-electron chi connectivity index (χ3n) is 4.66. The number of fused-ring (bicyclic) bond motifs is 1. The summed E-state index contributed by atoms with van der Waals surface area (Å²) >= 11 is 0. The highest BCUT2D eigenvalue weighted by molar-refractivity contribution is 5.80. The van der Waals surface area contributed by atoms with E-state index in [0.717, 1.165) is 22.3 Å². The smallest absolute Gasteiger partial charge is 0.223 e. The van der Waals surface area contributed by atoms with E-state index in [2.05, 4.69) is 25.6 Å². The number of methoxy groups -OCH3 is 1. The van der Waals surface area contributed by atoms with Crippen LogP contribution in [0.15, 0.2) is 48.7 Å². The Labute approximate surface area is 172 Å². The Morgan fingerprint density at radius 2 is 2.07 bits per heavy atom. The Kier molecular flexibility index (Phi) is 5.53. The second-order valence-electron chi connectivity index (χ2n) is 6.91. The van der Waals surface area contributed by atoms with Crippen molar-refractivity contribution in [3.05, 3.63) is 60.0 Å². The molecule has 0 fully saturated rings. The lowest BCUT2D eigenvalue weighted by Crippen LogP contribution is -2.20. The number of ether oxygens (including phenoxy) is 1. The van der Waals surface area contributed by atoms with E-state index >= 15 is 0 Å². The molecule has 4 rings (SSSR count). The lowest BCUT2D eigenvalue weighted by atomic mass is 10.1. The standard InChI is InChI=1S/C21H21FN6O2/c1-13(12-29)24-21-23-8-7-17(25-21)15-4-5-19-18(10-15)26-27-28(19)11-14-3-6-20(30-2)16(22)9-14/h3-10,13,29H,11-12H2,1-2H3,(H,23,24,25). The molecule has 2 heterocycles. The van der Waals surface area contributed by atoms with Gasteiger partial charge in [0.05, 0.1) is 31.5 Å². The minimum atomic E-state index is -0.412. The van der Waals surface area contributed by atoms with Crippen molar-refractivity contribution in [1.82, 2.24) is 25.0 Å². The Hall–Kier alpha value is -3.59. The summed E-state index contributed by atoms with van der Waals surface area (Å²) in [5.74, 6) is 0.240. The van der Waals surface area contributed by atoms with Gasteiger partial charge in [-0.05, 0) is 42.8 Å². The van der Waals surface area contributed by atoms with E-state index in [1.54, 1.807) is 29.1 Å². The largest absolute Gasteiger partial charge is 0.494 e. The number of halogens is 1. The van der Waals surface area contributed by atoms with Crippen LogP contribution in [0.25, 0.3) is 22.3 Å². The van der Waals surface area contributed by atoms with Gasteiger partial charge in [-0.3, -0.25) is 0 Å². The number of anilines is 1. The maximum absolute atomic E-state index is 14.0. The summed E-state index contributed by atoms with van der Waals surface area (Å²) in [5.41, 5.74) is 3.89. The highest BCUT2D eigenvalue weighted by Crippen LogP contribution is 2.24. The molecule has 0 saturated heterocycles. The number of nitrogens with one attached hydrogen (secondary N) is 1. The zero-order chi connectivity index (χ0) is 21.1. The molecule has 8 nitrogen and oxygen atoms in total. The van der Waals surface area contributed by atoms with Gasteiger partial charge in [-0.2, -0.15) is 0 Å². The number of aromatic nitrogens is 5. The van der Waals surface area contributed by atoms with Crippen molar-refractivity contribution < 1.29 is 14.2 Å². The summed E-state index contributed by atoms with van der Waals surface area (Å²) < 4.78 is 20.6. The summed E-state index contributed by atoms with van der Waals surface area (Å²) in [4.78, 5) is 8.68. The number of hydrogen-bond acceptors (Lipinski definition) is 7. The van der Waals surface area contributed by atoms with E-state index in [9.17, 15) is 9.50 Å². The van der Waals surface area contributed by atoms with Crippen LogP contribution in [0.3, 0.4) is 0 Å². The van der Waals surface area contributed by atoms with Gasteiger partial charge in [0.15, 0.2) is 11.6 Å². The van der Waals surface area contributed by atoms with E-state index in [0.29, 0.717) is 18.0 Å². The van der Waals surface area contributed by atoms with Gasteiger partial charge in [0.1, 0.15) is 5.52 Å². The van der Waals surface area contributed by atoms with Crippen LogP contribution in [-0.2, 0) is 6.54 Å². The van der Waals surface area contributed by atoms with Crippen LogP contribution >= 0.6 is 0 Å². The summed E-state index contributed by atoms with van der Waals surface area (Å²) in [6.45, 7) is 2.22. The summed E-state index contributed by atoms with van der Waals surface area (Å²) in [6, 6.07) is 12.2. The summed E-state index contributed by atoms with van der Waals surface area (Å²) in [5, 5.41) is 20.7. The fourth-order valence-electron chi connectivity index (χ4n) is 3.08. The molecule has 0 saturated carbocycles. The van der Waals surface area contributed by atoms with E-state index in [-0.39, 0.29) is 18.4 Å². The maximum Gasteiger partial charge on any atom is 0.223 e. The highest BCUT2D eigenvalue weighted by Gasteiger charge is 2.11. The minimum Gasteiger partial charge on any atom is -0.494 e. The molecule has 4 aromatic rings. The molecule has 0 bridgehead atoms. The molecule has 0 spiro atoms. The van der Waals surface area contributed by atoms with Gasteiger partial charge in [0.25, 0.3) is 0 Å². The molecule has 0 aliphatic rings. The average Bonchev–Trinajstić information content (AvgIpc) is 3.16. The molecule has 154 valence electrons. The van der Waals surface area contributed by atoms with Crippen molar-refractivity contribution in [3.8, 4) is 17.0 Å². The monoisotopic (exact) mass is 408 g/mol. The number of nitrogens with zero attached hydrogens (tertiary/aromatic N) is 5. The van der Waals surface area contributed by atoms with Crippen LogP contribution in [0.1, 0.15) is 12.5 Å². The van der Waals surface area contributed by atoms with Gasteiger partial charge in [0.2, 0.25) is 5.95 Å². The molecule has 1 atom stereocenters. The second-order valence-corrected chi connectivity index (χ2v) is 6.91. The molecule has 0 aliphatic carbocycles. The normalized spacial score (nSPS) is 12.1. The minimum absolute atomic E-state index is 0.0131. The fourth-order valence-corrected chi connectivity index (χ4v) is 3.08. The van der Waals surface area contributed by atoms with E-state index in [4.69, 9.17) is 4.74 Å². The van der Waals surface area contributed by atoms with Gasteiger partial charge in [0, 0.05) is 17.8 Å². The third kappa shape index (κ3) is 4.06. The molecule has 0 aliphatic heterocycles. The van der Waals surface area contributed by atoms with Gasteiger partial charge in [-0.1, -0.05) is 17.3 Å². The Balaban J connectivity index is 1.60. The third-order valence-corrected chi connectivity index (χ3v) is 4.66. The molecule has 0 amide bonds. The Bertz CT molecular complexity index is 1180. The van der Waals surface area contributed by atoms with E-state index in [1.165, 1.54) is 13.2 Å². The van der Waals surface area contributed by atoms with Crippen LogP contribution in [0, 0.1) is 5.82 Å². The first-order chi connectivity index (χ1) is 14.6.